The molecule has 1 aliphatic rings. The number of carbonyl (C=O) groups is 1. The van der Waals surface area contributed by atoms with Crippen LogP contribution in [0.5, 0.6) is 0 Å². The maximum absolute atomic E-state index is 12.8. The van der Waals surface area contributed by atoms with Crippen LogP contribution in [0.3, 0.4) is 0 Å². The van der Waals surface area contributed by atoms with E-state index in [0.29, 0.717) is 29.4 Å². The van der Waals surface area contributed by atoms with Crippen LogP contribution in [0.1, 0.15) is 31.7 Å². The van der Waals surface area contributed by atoms with Crippen LogP contribution in [0.15, 0.2) is 18.2 Å². The van der Waals surface area contributed by atoms with Crippen LogP contribution in [-0.2, 0) is 11.2 Å². The number of carbonyl (C=O) groups excluding carboxylic acids is 1. The number of hydrogen-bond acceptors (Lipinski definition) is 3. The number of benzene rings is 1. The van der Waals surface area contributed by atoms with Crippen molar-refractivity contribution in [1.82, 2.24) is 9.80 Å². The van der Waals surface area contributed by atoms with E-state index in [1.807, 2.05) is 11.0 Å². The molecule has 0 bridgehead atoms. The summed E-state index contributed by atoms with van der Waals surface area (Å²) >= 11 is 12.0. The van der Waals surface area contributed by atoms with Crippen LogP contribution in [0.2, 0.25) is 10.0 Å². The van der Waals surface area contributed by atoms with Crippen LogP contribution in [0, 0.1) is 5.41 Å². The van der Waals surface area contributed by atoms with Crippen molar-refractivity contribution in [3.63, 3.8) is 0 Å². The Balaban J connectivity index is 0.00000312. The van der Waals surface area contributed by atoms with Gasteiger partial charge >= 0.3 is 0 Å². The van der Waals surface area contributed by atoms with Crippen molar-refractivity contribution in [2.75, 3.05) is 26.7 Å². The molecule has 0 saturated carbocycles. The second-order valence-electron chi connectivity index (χ2n) is 6.49. The third kappa shape index (κ3) is 7.24. The fourth-order valence-electron chi connectivity index (χ4n) is 3.13. The molecule has 1 aromatic carbocycles. The molecule has 0 spiro atoms. The van der Waals surface area contributed by atoms with Crippen LogP contribution in [0.25, 0.3) is 0 Å². The predicted molar refractivity (Wildman–Crippen MR) is 115 cm³/mol. The van der Waals surface area contributed by atoms with E-state index in [2.05, 4.69) is 18.9 Å². The number of likely N-dealkylation sites (N-methyl/N-ethyl adjacent to an activating group) is 1. The summed E-state index contributed by atoms with van der Waals surface area (Å²) in [6.45, 7) is 4.47. The van der Waals surface area contributed by atoms with E-state index in [1.54, 1.807) is 12.1 Å². The highest BCUT2D eigenvalue weighted by Gasteiger charge is 2.29. The molecule has 1 N–H and O–H groups in total. The summed E-state index contributed by atoms with van der Waals surface area (Å²) in [6.07, 6.45) is 2.75. The Bertz CT molecular complexity index is 612. The minimum Gasteiger partial charge on any atom is -0.336 e. The highest BCUT2D eigenvalue weighted by atomic mass is 35.5. The van der Waals surface area contributed by atoms with Crippen molar-refractivity contribution in [3.05, 3.63) is 33.8 Å². The molecule has 1 amide bonds. The lowest BCUT2D eigenvalue weighted by atomic mass is 10.0. The van der Waals surface area contributed by atoms with E-state index in [0.717, 1.165) is 37.2 Å². The molecule has 1 unspecified atom stereocenters. The van der Waals surface area contributed by atoms with Crippen molar-refractivity contribution in [2.24, 2.45) is 0 Å². The van der Waals surface area contributed by atoms with Crippen LogP contribution < -0.4 is 0 Å². The van der Waals surface area contributed by atoms with Gasteiger partial charge in [-0.1, -0.05) is 42.6 Å². The molecule has 1 heterocycles. The van der Waals surface area contributed by atoms with Crippen molar-refractivity contribution in [2.45, 2.75) is 38.6 Å². The van der Waals surface area contributed by atoms with E-state index in [1.165, 1.54) is 0 Å². The Morgan fingerprint density at radius 1 is 1.23 bits per heavy atom. The summed E-state index contributed by atoms with van der Waals surface area (Å²) in [7, 11) is 2.07. The largest absolute Gasteiger partial charge is 0.336 e. The monoisotopic (exact) mass is 441 g/mol. The van der Waals surface area contributed by atoms with Gasteiger partial charge in [-0.3, -0.25) is 4.79 Å². The van der Waals surface area contributed by atoms with Crippen molar-refractivity contribution in [3.8, 4) is 0 Å². The number of nitrogens with zero attached hydrogens (tertiary/aromatic N) is 2. The second-order valence-corrected chi connectivity index (χ2v) is 7.30. The number of amides is 1. The molecule has 26 heavy (non-hydrogen) atoms. The minimum absolute atomic E-state index is 0. The molecule has 4 nitrogen and oxygen atoms in total. The molecule has 1 fully saturated rings. The van der Waals surface area contributed by atoms with Crippen molar-refractivity contribution < 1.29 is 4.79 Å². The van der Waals surface area contributed by atoms with Gasteiger partial charge in [0.1, 0.15) is 0 Å². The maximum atomic E-state index is 12.8. The molecule has 8 heteroatoms. The molecule has 1 atom stereocenters. The van der Waals surface area contributed by atoms with Gasteiger partial charge in [-0.2, -0.15) is 0 Å². The molecular weight excluding hydrogens is 416 g/mol. The summed E-state index contributed by atoms with van der Waals surface area (Å²) in [4.78, 5) is 16.9. The zero-order chi connectivity index (χ0) is 17.7. The van der Waals surface area contributed by atoms with Crippen LogP contribution in [0.4, 0.5) is 0 Å². The molecule has 1 aromatic rings. The van der Waals surface area contributed by atoms with Gasteiger partial charge in [0.2, 0.25) is 5.91 Å². The van der Waals surface area contributed by atoms with Crippen LogP contribution in [-0.4, -0.2) is 54.1 Å². The van der Waals surface area contributed by atoms with E-state index in [4.69, 9.17) is 28.6 Å². The van der Waals surface area contributed by atoms with Gasteiger partial charge < -0.3 is 15.2 Å². The van der Waals surface area contributed by atoms with Gasteiger partial charge in [-0.05, 0) is 31.2 Å². The lowest BCUT2D eigenvalue weighted by Crippen LogP contribution is -2.55. The summed E-state index contributed by atoms with van der Waals surface area (Å²) in [5.41, 5.74) is 1.60. The summed E-state index contributed by atoms with van der Waals surface area (Å²) in [5.74, 6) is 0.0933. The molecule has 0 aliphatic carbocycles. The topological polar surface area (TPSA) is 47.4 Å². The zero-order valence-corrected chi connectivity index (χ0v) is 18.3. The number of halogens is 4. The highest BCUT2D eigenvalue weighted by molar-refractivity contribution is 6.42. The quantitative estimate of drug-likeness (QED) is 0.647. The lowest BCUT2D eigenvalue weighted by Gasteiger charge is -2.40. The van der Waals surface area contributed by atoms with Gasteiger partial charge in [-0.15, -0.1) is 24.8 Å². The van der Waals surface area contributed by atoms with E-state index in [-0.39, 0.29) is 36.8 Å². The van der Waals surface area contributed by atoms with E-state index >= 15 is 0 Å². The number of piperazine rings is 1. The number of hydrogen-bond donors (Lipinski definition) is 1. The summed E-state index contributed by atoms with van der Waals surface area (Å²) in [5, 5.41) is 9.08. The Hall–Kier alpha value is -0.520. The first-order valence-electron chi connectivity index (χ1n) is 8.39. The third-order valence-electron chi connectivity index (χ3n) is 4.38. The lowest BCUT2D eigenvalue weighted by molar-refractivity contribution is -0.134. The van der Waals surface area contributed by atoms with E-state index in [9.17, 15) is 4.79 Å². The van der Waals surface area contributed by atoms with Crippen molar-refractivity contribution >= 4 is 59.6 Å². The summed E-state index contributed by atoms with van der Waals surface area (Å²) < 4.78 is 0. The van der Waals surface area contributed by atoms with Gasteiger partial charge in [0, 0.05) is 37.8 Å². The zero-order valence-electron chi connectivity index (χ0n) is 15.1. The van der Waals surface area contributed by atoms with E-state index < -0.39 is 0 Å². The molecule has 1 aliphatic heterocycles. The smallest absolute Gasteiger partial charge is 0.227 e. The SMILES string of the molecule is CCCC(=N)CC1CN(C)CCN1C(=O)Cc1ccc(Cl)c(Cl)c1.Cl.Cl. The van der Waals surface area contributed by atoms with Gasteiger partial charge in [0.05, 0.1) is 16.5 Å². The normalized spacial score (nSPS) is 17.2. The first-order chi connectivity index (χ1) is 11.4. The van der Waals surface area contributed by atoms with Gasteiger partial charge in [0.25, 0.3) is 0 Å². The van der Waals surface area contributed by atoms with Crippen molar-refractivity contribution in [1.29, 1.82) is 5.41 Å². The standard InChI is InChI=1S/C18H25Cl2N3O.2ClH/c1-3-4-14(21)11-15-12-22(2)7-8-23(15)18(24)10-13-5-6-16(19)17(20)9-13;;/h5-6,9,15,21H,3-4,7-8,10-12H2,1-2H3;2*1H. The van der Waals surface area contributed by atoms with Gasteiger partial charge in [-0.25, -0.2) is 0 Å². The second kappa shape index (κ2) is 12.0. The Labute approximate surface area is 178 Å². The first kappa shape index (κ1) is 25.5. The average molecular weight is 443 g/mol. The number of rotatable bonds is 6. The summed E-state index contributed by atoms with van der Waals surface area (Å²) in [6, 6.07) is 5.41. The van der Waals surface area contributed by atoms with Crippen LogP contribution >= 0.6 is 48.0 Å². The Morgan fingerprint density at radius 2 is 1.92 bits per heavy atom. The highest BCUT2D eigenvalue weighted by Crippen LogP contribution is 2.23. The number of nitrogens with one attached hydrogen (secondary N) is 1. The molecule has 148 valence electrons. The molecule has 0 radical (unpaired) electrons. The minimum atomic E-state index is 0. The Morgan fingerprint density at radius 3 is 2.54 bits per heavy atom. The fraction of sp³-hybridized carbons (Fsp3) is 0.556. The molecule has 1 saturated heterocycles. The first-order valence-corrected chi connectivity index (χ1v) is 9.14. The third-order valence-corrected chi connectivity index (χ3v) is 5.12. The molecular formula is C18H27Cl4N3O. The molecule has 2 rings (SSSR count). The van der Waals surface area contributed by atoms with Gasteiger partial charge in [0.15, 0.2) is 0 Å². The maximum Gasteiger partial charge on any atom is 0.227 e. The Kier molecular flexibility index (Phi) is 11.8. The fourth-order valence-corrected chi connectivity index (χ4v) is 3.45. The average Bonchev–Trinajstić information content (AvgIpc) is 2.51. The molecule has 0 aromatic heterocycles. The predicted octanol–water partition coefficient (Wildman–Crippen LogP) is 4.73.